The van der Waals surface area contributed by atoms with Crippen LogP contribution >= 0.6 is 7.52 Å². The van der Waals surface area contributed by atoms with Gasteiger partial charge in [0.2, 0.25) is 0 Å². The largest absolute Gasteiger partial charge is 0.480 e. The molecule has 0 spiro atoms. The molecule has 0 aromatic heterocycles. The molecule has 2 aromatic rings. The van der Waals surface area contributed by atoms with E-state index in [9.17, 15) is 19.4 Å². The number of hydrogen-bond acceptors (Lipinski definition) is 2. The van der Waals surface area contributed by atoms with E-state index in [0.717, 1.165) is 0 Å². The van der Waals surface area contributed by atoms with E-state index >= 15 is 0 Å². The fourth-order valence-corrected chi connectivity index (χ4v) is 3.97. The highest BCUT2D eigenvalue weighted by Crippen LogP contribution is 2.54. The number of nitrogens with one attached hydrogen (secondary N) is 1. The molecule has 3 unspecified atom stereocenters. The fourth-order valence-electron chi connectivity index (χ4n) is 2.31. The van der Waals surface area contributed by atoms with Crippen molar-refractivity contribution >= 4 is 13.5 Å². The molecule has 0 heterocycles. The lowest BCUT2D eigenvalue weighted by Gasteiger charge is -2.25. The van der Waals surface area contributed by atoms with E-state index in [1.807, 2.05) is 0 Å². The molecule has 0 fully saturated rings. The second kappa shape index (κ2) is 7.38. The van der Waals surface area contributed by atoms with Gasteiger partial charge in [0, 0.05) is 0 Å². The Labute approximate surface area is 134 Å². The first-order valence-electron chi connectivity index (χ1n) is 7.01. The Morgan fingerprint density at radius 3 is 1.96 bits per heavy atom. The Morgan fingerprint density at radius 1 is 1.04 bits per heavy atom. The van der Waals surface area contributed by atoms with Crippen LogP contribution in [0, 0.1) is 0 Å². The molecule has 2 aromatic carbocycles. The zero-order chi connectivity index (χ0) is 16.9. The second-order valence-electron chi connectivity index (χ2n) is 5.03. The Kier molecular flexibility index (Phi) is 5.50. The molecular formula is C17H18NO4P. The summed E-state index contributed by atoms with van der Waals surface area (Å²) in [6.45, 7) is 3.61. The van der Waals surface area contributed by atoms with Crippen LogP contribution in [0.15, 0.2) is 73.3 Å². The van der Waals surface area contributed by atoms with Crippen molar-refractivity contribution in [2.45, 2.75) is 11.7 Å². The fraction of sp³-hybridized carbons (Fsp3) is 0.118. The zero-order valence-corrected chi connectivity index (χ0v) is 13.3. The van der Waals surface area contributed by atoms with E-state index in [4.69, 9.17) is 0 Å². The van der Waals surface area contributed by atoms with E-state index in [0.29, 0.717) is 11.1 Å². The van der Waals surface area contributed by atoms with Gasteiger partial charge in [0.25, 0.3) is 7.52 Å². The molecule has 0 bridgehead atoms. The molecule has 3 atom stereocenters. The lowest BCUT2D eigenvalue weighted by atomic mass is 10.1. The number of carboxylic acid groups (broad SMARTS) is 1. The highest BCUT2D eigenvalue weighted by Gasteiger charge is 2.35. The number of carboxylic acids is 1. The molecule has 0 aliphatic heterocycles. The average Bonchev–Trinajstić information content (AvgIpc) is 2.55. The molecule has 0 radical (unpaired) electrons. The SMILES string of the molecule is C=CC(c1ccccc1)P(=O)(O)NC(C(=O)O)c1ccccc1. The molecule has 0 saturated heterocycles. The van der Waals surface area contributed by atoms with Crippen LogP contribution in [0.2, 0.25) is 0 Å². The molecule has 120 valence electrons. The van der Waals surface area contributed by atoms with Crippen molar-refractivity contribution in [2.24, 2.45) is 0 Å². The monoisotopic (exact) mass is 331 g/mol. The molecule has 3 N–H and O–H groups in total. The lowest BCUT2D eigenvalue weighted by Crippen LogP contribution is -2.27. The molecule has 0 aliphatic rings. The van der Waals surface area contributed by atoms with Crippen molar-refractivity contribution in [3.63, 3.8) is 0 Å². The molecule has 5 nitrogen and oxygen atoms in total. The maximum atomic E-state index is 12.7. The summed E-state index contributed by atoms with van der Waals surface area (Å²) in [4.78, 5) is 21.9. The van der Waals surface area contributed by atoms with Gasteiger partial charge in [0.1, 0.15) is 6.04 Å². The number of aliphatic carboxylic acids is 1. The van der Waals surface area contributed by atoms with Crippen LogP contribution < -0.4 is 5.09 Å². The van der Waals surface area contributed by atoms with Crippen molar-refractivity contribution in [3.05, 3.63) is 84.4 Å². The van der Waals surface area contributed by atoms with Crippen molar-refractivity contribution in [3.8, 4) is 0 Å². The lowest BCUT2D eigenvalue weighted by molar-refractivity contribution is -0.139. The Hall–Kier alpha value is -2.20. The second-order valence-corrected chi connectivity index (χ2v) is 7.09. The number of hydrogen-bond donors (Lipinski definition) is 3. The van der Waals surface area contributed by atoms with E-state index < -0.39 is 25.2 Å². The Morgan fingerprint density at radius 2 is 1.52 bits per heavy atom. The molecule has 0 saturated carbocycles. The summed E-state index contributed by atoms with van der Waals surface area (Å²) in [7, 11) is -4.05. The number of allylic oxidation sites excluding steroid dienone is 1. The summed E-state index contributed by atoms with van der Waals surface area (Å²) in [5.41, 5.74) is 0.109. The van der Waals surface area contributed by atoms with Gasteiger partial charge in [-0.1, -0.05) is 66.7 Å². The van der Waals surface area contributed by atoms with Crippen molar-refractivity contribution in [2.75, 3.05) is 0 Å². The summed E-state index contributed by atoms with van der Waals surface area (Å²) in [6.07, 6.45) is 1.35. The van der Waals surface area contributed by atoms with E-state index in [1.54, 1.807) is 60.7 Å². The minimum Gasteiger partial charge on any atom is -0.480 e. The van der Waals surface area contributed by atoms with Crippen molar-refractivity contribution in [1.29, 1.82) is 0 Å². The zero-order valence-electron chi connectivity index (χ0n) is 12.4. The Bertz CT molecular complexity index is 718. The third kappa shape index (κ3) is 4.17. The third-order valence-corrected chi connectivity index (χ3v) is 5.33. The molecule has 6 heteroatoms. The smallest absolute Gasteiger partial charge is 0.325 e. The van der Waals surface area contributed by atoms with Crippen LogP contribution in [0.1, 0.15) is 22.8 Å². The van der Waals surface area contributed by atoms with Gasteiger partial charge >= 0.3 is 5.97 Å². The van der Waals surface area contributed by atoms with Crippen LogP contribution in [0.5, 0.6) is 0 Å². The molecular weight excluding hydrogens is 313 g/mol. The molecule has 0 aliphatic carbocycles. The van der Waals surface area contributed by atoms with Gasteiger partial charge in [-0.3, -0.25) is 9.36 Å². The predicted octanol–water partition coefficient (Wildman–Crippen LogP) is 3.51. The summed E-state index contributed by atoms with van der Waals surface area (Å²) in [5.74, 6) is -1.22. The van der Waals surface area contributed by atoms with Gasteiger partial charge in [-0.05, 0) is 11.1 Å². The average molecular weight is 331 g/mol. The van der Waals surface area contributed by atoms with Crippen LogP contribution in [-0.4, -0.2) is 16.0 Å². The van der Waals surface area contributed by atoms with Gasteiger partial charge in [0.05, 0.1) is 5.66 Å². The Balaban J connectivity index is 2.32. The summed E-state index contributed by atoms with van der Waals surface area (Å²) in [5, 5.41) is 11.8. The maximum absolute atomic E-state index is 12.7. The molecule has 23 heavy (non-hydrogen) atoms. The number of benzene rings is 2. The normalized spacial score (nSPS) is 16.0. The number of rotatable bonds is 7. The van der Waals surface area contributed by atoms with Crippen LogP contribution in [-0.2, 0) is 9.36 Å². The quantitative estimate of drug-likeness (QED) is 0.534. The van der Waals surface area contributed by atoms with E-state index in [-0.39, 0.29) is 0 Å². The summed E-state index contributed by atoms with van der Waals surface area (Å²) >= 11 is 0. The first-order valence-corrected chi connectivity index (χ1v) is 8.74. The van der Waals surface area contributed by atoms with Gasteiger partial charge in [-0.15, -0.1) is 6.58 Å². The molecule has 0 amide bonds. The van der Waals surface area contributed by atoms with Crippen molar-refractivity contribution < 1.29 is 19.4 Å². The predicted molar refractivity (Wildman–Crippen MR) is 89.2 cm³/mol. The highest BCUT2D eigenvalue weighted by molar-refractivity contribution is 7.56. The van der Waals surface area contributed by atoms with E-state index in [2.05, 4.69) is 11.7 Å². The van der Waals surface area contributed by atoms with Gasteiger partial charge in [0.15, 0.2) is 0 Å². The van der Waals surface area contributed by atoms with Gasteiger partial charge < -0.3 is 10.00 Å². The molecule has 2 rings (SSSR count). The first-order chi connectivity index (χ1) is 11.0. The minimum atomic E-state index is -4.05. The maximum Gasteiger partial charge on any atom is 0.325 e. The summed E-state index contributed by atoms with van der Waals surface area (Å²) < 4.78 is 12.7. The van der Waals surface area contributed by atoms with Crippen LogP contribution in [0.3, 0.4) is 0 Å². The van der Waals surface area contributed by atoms with Gasteiger partial charge in [-0.25, -0.2) is 5.09 Å². The third-order valence-electron chi connectivity index (χ3n) is 3.44. The van der Waals surface area contributed by atoms with Crippen LogP contribution in [0.25, 0.3) is 0 Å². The van der Waals surface area contributed by atoms with Crippen LogP contribution in [0.4, 0.5) is 0 Å². The highest BCUT2D eigenvalue weighted by atomic mass is 31.2. The summed E-state index contributed by atoms with van der Waals surface area (Å²) in [6, 6.07) is 15.7. The van der Waals surface area contributed by atoms with Gasteiger partial charge in [-0.2, -0.15) is 0 Å². The van der Waals surface area contributed by atoms with Crippen molar-refractivity contribution in [1.82, 2.24) is 5.09 Å². The van der Waals surface area contributed by atoms with E-state index in [1.165, 1.54) is 6.08 Å². The minimum absolute atomic E-state index is 0.408. The number of carbonyl (C=O) groups is 1. The first kappa shape index (κ1) is 17.2. The topological polar surface area (TPSA) is 86.6 Å². The standard InChI is InChI=1S/C17H18NO4P/c1-2-15(13-9-5-3-6-10-13)23(21,22)18-16(17(19)20)14-11-7-4-8-12-14/h2-12,15-16H,1H2,(H,19,20)(H2,18,21,22).